The molecule has 1 atom stereocenters. The first-order valence-corrected chi connectivity index (χ1v) is 8.25. The van der Waals surface area contributed by atoms with Crippen molar-refractivity contribution in [2.75, 3.05) is 6.54 Å². The largest absolute Gasteiger partial charge is 0.480 e. The van der Waals surface area contributed by atoms with Gasteiger partial charge in [0.25, 0.3) is 5.91 Å². The lowest BCUT2D eigenvalue weighted by Gasteiger charge is -2.23. The summed E-state index contributed by atoms with van der Waals surface area (Å²) in [5.41, 5.74) is 0. The lowest BCUT2D eigenvalue weighted by Crippen LogP contribution is -2.39. The molecule has 2 rings (SSSR count). The lowest BCUT2D eigenvalue weighted by molar-refractivity contribution is -0.127. The third-order valence-electron chi connectivity index (χ3n) is 3.86. The highest BCUT2D eigenvalue weighted by Crippen LogP contribution is 2.26. The second-order valence-electron chi connectivity index (χ2n) is 5.58. The molecule has 0 heterocycles. The smallest absolute Gasteiger partial charge is 0.260 e. The third kappa shape index (κ3) is 4.99. The van der Waals surface area contributed by atoms with Crippen LogP contribution < -0.4 is 10.1 Å². The monoisotopic (exact) mass is 357 g/mol. The molecule has 3 nitrogen and oxygen atoms in total. The van der Waals surface area contributed by atoms with E-state index in [1.807, 2.05) is 0 Å². The molecule has 0 bridgehead atoms. The van der Waals surface area contributed by atoms with E-state index in [-0.39, 0.29) is 11.7 Å². The van der Waals surface area contributed by atoms with Crippen LogP contribution >= 0.6 is 15.9 Å². The molecule has 5 heteroatoms. The van der Waals surface area contributed by atoms with Gasteiger partial charge in [-0.1, -0.05) is 19.3 Å². The number of halogens is 2. The fourth-order valence-corrected chi connectivity index (χ4v) is 3.04. The number of hydrogen-bond donors (Lipinski definition) is 1. The lowest BCUT2D eigenvalue weighted by atomic mass is 9.89. The van der Waals surface area contributed by atoms with E-state index in [1.165, 1.54) is 50.3 Å². The van der Waals surface area contributed by atoms with Gasteiger partial charge in [-0.3, -0.25) is 4.79 Å². The van der Waals surface area contributed by atoms with Gasteiger partial charge >= 0.3 is 0 Å². The highest BCUT2D eigenvalue weighted by atomic mass is 79.9. The Kier molecular flexibility index (Phi) is 6.03. The summed E-state index contributed by atoms with van der Waals surface area (Å²) in [5.74, 6) is 0.588. The minimum atomic E-state index is -0.602. The first-order chi connectivity index (χ1) is 10.1. The van der Waals surface area contributed by atoms with Crippen LogP contribution in [-0.4, -0.2) is 18.6 Å². The summed E-state index contributed by atoms with van der Waals surface area (Å²) in [7, 11) is 0. The predicted molar refractivity (Wildman–Crippen MR) is 83.8 cm³/mol. The Balaban J connectivity index is 1.81. The van der Waals surface area contributed by atoms with Crippen molar-refractivity contribution in [1.29, 1.82) is 0 Å². The van der Waals surface area contributed by atoms with Gasteiger partial charge in [0.05, 0.1) is 4.47 Å². The molecule has 0 radical (unpaired) electrons. The first kappa shape index (κ1) is 16.3. The van der Waals surface area contributed by atoms with Crippen LogP contribution in [0, 0.1) is 11.7 Å². The number of rotatable bonds is 5. The maximum absolute atomic E-state index is 13.0. The highest BCUT2D eigenvalue weighted by molar-refractivity contribution is 9.10. The quantitative estimate of drug-likeness (QED) is 0.862. The summed E-state index contributed by atoms with van der Waals surface area (Å²) in [6.07, 6.45) is 5.61. The SMILES string of the molecule is CC(Oc1ccc(F)cc1Br)C(=O)NCC1CCCCC1. The molecule has 0 spiro atoms. The van der Waals surface area contributed by atoms with Crippen molar-refractivity contribution in [3.8, 4) is 5.75 Å². The van der Waals surface area contributed by atoms with Crippen LogP contribution in [0.3, 0.4) is 0 Å². The van der Waals surface area contributed by atoms with Crippen LogP contribution in [-0.2, 0) is 4.79 Å². The van der Waals surface area contributed by atoms with Gasteiger partial charge in [0.15, 0.2) is 6.10 Å². The molecular formula is C16H21BrFNO2. The average molecular weight is 358 g/mol. The van der Waals surface area contributed by atoms with Crippen LogP contribution in [0.5, 0.6) is 5.75 Å². The van der Waals surface area contributed by atoms with Crippen LogP contribution in [0.15, 0.2) is 22.7 Å². The molecule has 0 saturated heterocycles. The molecule has 0 aromatic heterocycles. The van der Waals surface area contributed by atoms with Crippen molar-refractivity contribution in [3.05, 3.63) is 28.5 Å². The zero-order valence-corrected chi connectivity index (χ0v) is 13.8. The number of carbonyl (C=O) groups is 1. The average Bonchev–Trinajstić information content (AvgIpc) is 2.48. The van der Waals surface area contributed by atoms with Gasteiger partial charge in [0, 0.05) is 6.54 Å². The molecule has 1 N–H and O–H groups in total. The Labute approximate surface area is 133 Å². The maximum atomic E-state index is 13.0. The summed E-state index contributed by atoms with van der Waals surface area (Å²) in [6.45, 7) is 2.42. The fraction of sp³-hybridized carbons (Fsp3) is 0.562. The van der Waals surface area contributed by atoms with Gasteiger partial charge in [-0.25, -0.2) is 4.39 Å². The Morgan fingerprint density at radius 2 is 2.14 bits per heavy atom. The molecule has 1 saturated carbocycles. The molecule has 1 unspecified atom stereocenters. The zero-order valence-electron chi connectivity index (χ0n) is 12.2. The second-order valence-corrected chi connectivity index (χ2v) is 6.44. The summed E-state index contributed by atoms with van der Waals surface area (Å²) in [5, 5.41) is 2.95. The van der Waals surface area contributed by atoms with Gasteiger partial charge in [-0.05, 0) is 59.8 Å². The second kappa shape index (κ2) is 7.78. The van der Waals surface area contributed by atoms with Gasteiger partial charge in [0.1, 0.15) is 11.6 Å². The molecule has 1 fully saturated rings. The molecule has 21 heavy (non-hydrogen) atoms. The first-order valence-electron chi connectivity index (χ1n) is 7.45. The van der Waals surface area contributed by atoms with Crippen molar-refractivity contribution < 1.29 is 13.9 Å². The molecule has 1 amide bonds. The van der Waals surface area contributed by atoms with E-state index in [0.717, 1.165) is 6.54 Å². The van der Waals surface area contributed by atoms with E-state index < -0.39 is 6.10 Å². The van der Waals surface area contributed by atoms with Crippen molar-refractivity contribution in [1.82, 2.24) is 5.32 Å². The van der Waals surface area contributed by atoms with E-state index in [1.54, 1.807) is 6.92 Å². The number of hydrogen-bond acceptors (Lipinski definition) is 2. The van der Waals surface area contributed by atoms with E-state index >= 15 is 0 Å². The van der Waals surface area contributed by atoms with Crippen LogP contribution in [0.4, 0.5) is 4.39 Å². The normalized spacial score (nSPS) is 17.3. The van der Waals surface area contributed by atoms with Crippen LogP contribution in [0.1, 0.15) is 39.0 Å². The van der Waals surface area contributed by atoms with E-state index in [0.29, 0.717) is 16.1 Å². The topological polar surface area (TPSA) is 38.3 Å². The Morgan fingerprint density at radius 3 is 2.81 bits per heavy atom. The summed E-state index contributed by atoms with van der Waals surface area (Å²) >= 11 is 3.23. The number of amides is 1. The number of ether oxygens (including phenoxy) is 1. The fourth-order valence-electron chi connectivity index (χ4n) is 2.59. The standard InChI is InChI=1S/C16H21BrFNO2/c1-11(21-15-8-7-13(18)9-14(15)17)16(20)19-10-12-5-3-2-4-6-12/h7-9,11-12H,2-6,10H2,1H3,(H,19,20). The van der Waals surface area contributed by atoms with Crippen molar-refractivity contribution >= 4 is 21.8 Å². The Bertz CT molecular complexity index is 489. The number of nitrogens with one attached hydrogen (secondary N) is 1. The molecule has 0 aliphatic heterocycles. The summed E-state index contributed by atoms with van der Waals surface area (Å²) in [6, 6.07) is 4.15. The van der Waals surface area contributed by atoms with E-state index in [4.69, 9.17) is 4.74 Å². The van der Waals surface area contributed by atoms with Gasteiger partial charge < -0.3 is 10.1 Å². The molecule has 1 aliphatic carbocycles. The number of carbonyl (C=O) groups excluding carboxylic acids is 1. The number of benzene rings is 1. The Hall–Kier alpha value is -1.10. The zero-order chi connectivity index (χ0) is 15.2. The predicted octanol–water partition coefficient (Wildman–Crippen LogP) is 4.05. The van der Waals surface area contributed by atoms with Crippen molar-refractivity contribution in [2.24, 2.45) is 5.92 Å². The molecular weight excluding hydrogens is 337 g/mol. The van der Waals surface area contributed by atoms with Gasteiger partial charge in [0.2, 0.25) is 0 Å². The van der Waals surface area contributed by atoms with Crippen LogP contribution in [0.2, 0.25) is 0 Å². The van der Waals surface area contributed by atoms with Gasteiger partial charge in [-0.15, -0.1) is 0 Å². The van der Waals surface area contributed by atoms with Crippen molar-refractivity contribution in [2.45, 2.75) is 45.1 Å². The highest BCUT2D eigenvalue weighted by Gasteiger charge is 2.19. The molecule has 116 valence electrons. The molecule has 1 aliphatic rings. The van der Waals surface area contributed by atoms with Gasteiger partial charge in [-0.2, -0.15) is 0 Å². The summed E-state index contributed by atoms with van der Waals surface area (Å²) in [4.78, 5) is 12.0. The van der Waals surface area contributed by atoms with Crippen molar-refractivity contribution in [3.63, 3.8) is 0 Å². The third-order valence-corrected chi connectivity index (χ3v) is 4.48. The Morgan fingerprint density at radius 1 is 1.43 bits per heavy atom. The maximum Gasteiger partial charge on any atom is 0.260 e. The van der Waals surface area contributed by atoms with Crippen LogP contribution in [0.25, 0.3) is 0 Å². The molecule has 1 aromatic carbocycles. The molecule has 1 aromatic rings. The summed E-state index contributed by atoms with van der Waals surface area (Å²) < 4.78 is 19.1. The minimum absolute atomic E-state index is 0.128. The minimum Gasteiger partial charge on any atom is -0.480 e. The van der Waals surface area contributed by atoms with E-state index in [9.17, 15) is 9.18 Å². The van der Waals surface area contributed by atoms with E-state index in [2.05, 4.69) is 21.2 Å².